The van der Waals surface area contributed by atoms with E-state index in [0.717, 1.165) is 49.5 Å². The maximum absolute atomic E-state index is 11.3. The molecule has 1 fully saturated rings. The fraction of sp³-hybridized carbons (Fsp3) is 0.400. The Morgan fingerprint density at radius 3 is 2.18 bits per heavy atom. The Bertz CT molecular complexity index is 1150. The zero-order chi connectivity index (χ0) is 23.3. The summed E-state index contributed by atoms with van der Waals surface area (Å²) in [5.41, 5.74) is 7.03. The molecule has 4 nitrogen and oxygen atoms in total. The van der Waals surface area contributed by atoms with Gasteiger partial charge in [-0.25, -0.2) is 0 Å². The first-order valence-electron chi connectivity index (χ1n) is 12.5. The molecule has 4 heteroatoms. The number of hydrogen-bond acceptors (Lipinski definition) is 4. The molecule has 0 unspecified atom stereocenters. The van der Waals surface area contributed by atoms with Gasteiger partial charge in [-0.2, -0.15) is 0 Å². The molecule has 2 aliphatic carbocycles. The van der Waals surface area contributed by atoms with Crippen LogP contribution >= 0.6 is 0 Å². The van der Waals surface area contributed by atoms with Gasteiger partial charge in [0.05, 0.1) is 20.3 Å². The number of aliphatic hydroxyl groups excluding tert-OH is 1. The van der Waals surface area contributed by atoms with E-state index >= 15 is 0 Å². The van der Waals surface area contributed by atoms with Crippen LogP contribution in [0.5, 0.6) is 11.5 Å². The fourth-order valence-electron chi connectivity index (χ4n) is 6.94. The number of fused-ring (bicyclic) bond motifs is 8. The normalized spacial score (nSPS) is 24.5. The molecule has 1 N–H and O–H groups in total. The Hall–Kier alpha value is -2.82. The molecule has 0 radical (unpaired) electrons. The second kappa shape index (κ2) is 8.44. The number of hydrogen-bond donors (Lipinski definition) is 1. The third-order valence-electron chi connectivity index (χ3n) is 8.58. The van der Waals surface area contributed by atoms with Crippen LogP contribution in [0.3, 0.4) is 0 Å². The number of piperidine rings is 1. The summed E-state index contributed by atoms with van der Waals surface area (Å²) >= 11 is 0. The molecule has 176 valence electrons. The third-order valence-corrected chi connectivity index (χ3v) is 8.58. The van der Waals surface area contributed by atoms with Crippen molar-refractivity contribution >= 4 is 0 Å². The Labute approximate surface area is 202 Å². The van der Waals surface area contributed by atoms with E-state index in [1.165, 1.54) is 28.7 Å². The lowest BCUT2D eigenvalue weighted by atomic mass is 9.74. The summed E-state index contributed by atoms with van der Waals surface area (Å²) < 4.78 is 10.9. The van der Waals surface area contributed by atoms with Crippen molar-refractivity contribution < 1.29 is 14.6 Å². The molecule has 2 bridgehead atoms. The van der Waals surface area contributed by atoms with E-state index in [9.17, 15) is 5.11 Å². The van der Waals surface area contributed by atoms with Gasteiger partial charge in [0, 0.05) is 23.4 Å². The van der Waals surface area contributed by atoms with Crippen molar-refractivity contribution in [2.24, 2.45) is 5.92 Å². The Morgan fingerprint density at radius 1 is 0.912 bits per heavy atom. The van der Waals surface area contributed by atoms with Crippen molar-refractivity contribution in [3.63, 3.8) is 0 Å². The number of ether oxygens (including phenoxy) is 2. The minimum atomic E-state index is -0.547. The first-order chi connectivity index (χ1) is 16.6. The van der Waals surface area contributed by atoms with Gasteiger partial charge in [0.1, 0.15) is 11.5 Å². The van der Waals surface area contributed by atoms with E-state index in [4.69, 9.17) is 9.47 Å². The Balaban J connectivity index is 1.21. The zero-order valence-corrected chi connectivity index (χ0v) is 20.0. The second-order valence-electron chi connectivity index (χ2n) is 10.2. The van der Waals surface area contributed by atoms with Crippen LogP contribution in [0, 0.1) is 5.92 Å². The summed E-state index contributed by atoms with van der Waals surface area (Å²) in [5.74, 6) is 2.23. The molecule has 0 saturated carbocycles. The van der Waals surface area contributed by atoms with Gasteiger partial charge in [0.15, 0.2) is 0 Å². The molecule has 3 aromatic carbocycles. The molecular weight excluding hydrogens is 422 g/mol. The predicted octanol–water partition coefficient (Wildman–Crippen LogP) is 5.28. The largest absolute Gasteiger partial charge is 0.497 e. The van der Waals surface area contributed by atoms with E-state index < -0.39 is 6.10 Å². The van der Waals surface area contributed by atoms with Crippen LogP contribution in [-0.4, -0.2) is 43.9 Å². The van der Waals surface area contributed by atoms with Crippen molar-refractivity contribution in [2.75, 3.05) is 33.9 Å². The molecule has 1 atom stereocenters. The van der Waals surface area contributed by atoms with Crippen LogP contribution in [0.1, 0.15) is 59.1 Å². The van der Waals surface area contributed by atoms with E-state index in [0.29, 0.717) is 5.92 Å². The SMILES string of the molecule is COc1ccc(OC)c([C@@H](O)C2CCN(CC34CC(c5ccccc53)c3ccccc34)CC2)c1. The van der Waals surface area contributed by atoms with E-state index in [2.05, 4.69) is 53.4 Å². The van der Waals surface area contributed by atoms with Crippen molar-refractivity contribution in [3.05, 3.63) is 94.5 Å². The summed E-state index contributed by atoms with van der Waals surface area (Å²) in [6.07, 6.45) is 2.60. The minimum Gasteiger partial charge on any atom is -0.497 e. The molecule has 0 amide bonds. The highest BCUT2D eigenvalue weighted by Crippen LogP contribution is 2.60. The number of benzene rings is 3. The first-order valence-corrected chi connectivity index (χ1v) is 12.5. The molecule has 0 spiro atoms. The predicted molar refractivity (Wildman–Crippen MR) is 134 cm³/mol. The quantitative estimate of drug-likeness (QED) is 0.549. The van der Waals surface area contributed by atoms with Gasteiger partial charge in [-0.3, -0.25) is 0 Å². The highest BCUT2D eigenvalue weighted by molar-refractivity contribution is 5.63. The molecule has 1 heterocycles. The lowest BCUT2D eigenvalue weighted by Gasteiger charge is -2.40. The lowest BCUT2D eigenvalue weighted by molar-refractivity contribution is 0.0523. The summed E-state index contributed by atoms with van der Waals surface area (Å²) in [7, 11) is 3.31. The average molecular weight is 456 g/mol. The lowest BCUT2D eigenvalue weighted by Crippen LogP contribution is -2.44. The van der Waals surface area contributed by atoms with Crippen LogP contribution in [0.4, 0.5) is 0 Å². The number of nitrogens with zero attached hydrogens (tertiary/aromatic N) is 1. The minimum absolute atomic E-state index is 0.0966. The van der Waals surface area contributed by atoms with Gasteiger partial charge in [-0.05, 0) is 78.7 Å². The van der Waals surface area contributed by atoms with Crippen LogP contribution < -0.4 is 9.47 Å². The summed E-state index contributed by atoms with van der Waals surface area (Å²) in [6.45, 7) is 3.07. The van der Waals surface area contributed by atoms with Gasteiger partial charge in [-0.1, -0.05) is 48.5 Å². The molecular formula is C30H33NO3. The molecule has 6 rings (SSSR count). The summed E-state index contributed by atoms with van der Waals surface area (Å²) in [5, 5.41) is 11.3. The van der Waals surface area contributed by atoms with Gasteiger partial charge < -0.3 is 19.5 Å². The van der Waals surface area contributed by atoms with Crippen molar-refractivity contribution in [1.82, 2.24) is 4.90 Å². The summed E-state index contributed by atoms with van der Waals surface area (Å²) in [6, 6.07) is 23.9. The third kappa shape index (κ3) is 3.27. The second-order valence-corrected chi connectivity index (χ2v) is 10.2. The molecule has 0 aromatic heterocycles. The number of rotatable bonds is 6. The van der Waals surface area contributed by atoms with Crippen molar-refractivity contribution in [3.8, 4) is 11.5 Å². The zero-order valence-electron chi connectivity index (χ0n) is 20.0. The van der Waals surface area contributed by atoms with Crippen LogP contribution in [0.15, 0.2) is 66.7 Å². The van der Waals surface area contributed by atoms with Gasteiger partial charge in [0.2, 0.25) is 0 Å². The fourth-order valence-corrected chi connectivity index (χ4v) is 6.94. The van der Waals surface area contributed by atoms with Crippen molar-refractivity contribution in [2.45, 2.75) is 36.7 Å². The van der Waals surface area contributed by atoms with Crippen LogP contribution in [0.25, 0.3) is 0 Å². The standard InChI is InChI=1S/C30H33NO3/c1-33-21-11-12-28(34-2)24(17-21)29(32)20-13-15-31(16-14-20)19-30-18-25(22-7-3-5-9-26(22)30)23-8-4-6-10-27(23)30/h3-12,17,20,25,29,32H,13-16,18-19H2,1-2H3/t25?,29-,30?/m0/s1. The molecule has 1 aliphatic heterocycles. The maximum Gasteiger partial charge on any atom is 0.124 e. The monoisotopic (exact) mass is 455 g/mol. The van der Waals surface area contributed by atoms with Gasteiger partial charge in [0.25, 0.3) is 0 Å². The average Bonchev–Trinajstić information content (AvgIpc) is 3.40. The maximum atomic E-state index is 11.3. The summed E-state index contributed by atoms with van der Waals surface area (Å²) in [4.78, 5) is 2.63. The highest BCUT2D eigenvalue weighted by atomic mass is 16.5. The van der Waals surface area contributed by atoms with Gasteiger partial charge >= 0.3 is 0 Å². The highest BCUT2D eigenvalue weighted by Gasteiger charge is 2.53. The molecule has 3 aliphatic rings. The smallest absolute Gasteiger partial charge is 0.124 e. The number of methoxy groups -OCH3 is 2. The Morgan fingerprint density at radius 2 is 1.56 bits per heavy atom. The Kier molecular flexibility index (Phi) is 5.39. The van der Waals surface area contributed by atoms with Crippen LogP contribution in [0.2, 0.25) is 0 Å². The first kappa shape index (κ1) is 21.7. The van der Waals surface area contributed by atoms with Crippen LogP contribution in [-0.2, 0) is 5.41 Å². The number of aliphatic hydroxyl groups is 1. The van der Waals surface area contributed by atoms with Crippen molar-refractivity contribution in [1.29, 1.82) is 0 Å². The van der Waals surface area contributed by atoms with E-state index in [-0.39, 0.29) is 11.3 Å². The van der Waals surface area contributed by atoms with E-state index in [1.54, 1.807) is 14.2 Å². The topological polar surface area (TPSA) is 41.9 Å². The molecule has 3 aromatic rings. The number of likely N-dealkylation sites (tertiary alicyclic amines) is 1. The van der Waals surface area contributed by atoms with Gasteiger partial charge in [-0.15, -0.1) is 0 Å². The molecule has 34 heavy (non-hydrogen) atoms. The van der Waals surface area contributed by atoms with E-state index in [1.807, 2.05) is 18.2 Å². The molecule has 1 saturated heterocycles.